The Morgan fingerprint density at radius 1 is 1.04 bits per heavy atom. The number of sulfonamides is 1. The minimum Gasteiger partial charge on any atom is -0.399 e. The van der Waals surface area contributed by atoms with Gasteiger partial charge in [-0.1, -0.05) is 18.2 Å². The van der Waals surface area contributed by atoms with Crippen LogP contribution in [0, 0.1) is 0 Å². The second-order valence-electron chi connectivity index (χ2n) is 5.79. The highest BCUT2D eigenvalue weighted by molar-refractivity contribution is 7.89. The molecule has 27 heavy (non-hydrogen) atoms. The Kier molecular flexibility index (Phi) is 5.49. The van der Waals surface area contributed by atoms with E-state index in [2.05, 4.69) is 15.0 Å². The Morgan fingerprint density at radius 2 is 1.81 bits per heavy atom. The van der Waals surface area contributed by atoms with Crippen LogP contribution in [0.4, 0.5) is 11.4 Å². The van der Waals surface area contributed by atoms with E-state index in [4.69, 9.17) is 5.73 Å². The first-order valence-corrected chi connectivity index (χ1v) is 9.58. The number of aromatic nitrogens is 1. The third-order valence-electron chi connectivity index (χ3n) is 3.77. The molecule has 0 aliphatic heterocycles. The summed E-state index contributed by atoms with van der Waals surface area (Å²) in [6.45, 7) is 0.0988. The van der Waals surface area contributed by atoms with Crippen LogP contribution in [0.15, 0.2) is 78.0 Å². The predicted molar refractivity (Wildman–Crippen MR) is 104 cm³/mol. The number of hydrogen-bond acceptors (Lipinski definition) is 5. The van der Waals surface area contributed by atoms with Gasteiger partial charge in [0.15, 0.2) is 0 Å². The molecule has 1 amide bonds. The number of pyridine rings is 1. The van der Waals surface area contributed by atoms with Gasteiger partial charge in [-0.3, -0.25) is 9.78 Å². The van der Waals surface area contributed by atoms with Crippen LogP contribution in [-0.4, -0.2) is 19.3 Å². The molecular formula is C19H18N4O3S. The largest absolute Gasteiger partial charge is 0.399 e. The fourth-order valence-corrected chi connectivity index (χ4v) is 3.43. The molecule has 8 heteroatoms. The molecule has 3 rings (SSSR count). The third kappa shape index (κ3) is 4.90. The molecule has 4 N–H and O–H groups in total. The van der Waals surface area contributed by atoms with Crippen molar-refractivity contribution in [2.45, 2.75) is 11.4 Å². The van der Waals surface area contributed by atoms with Gasteiger partial charge in [0.2, 0.25) is 10.0 Å². The fraction of sp³-hybridized carbons (Fsp3) is 0.0526. The SMILES string of the molecule is Nc1cccc(S(=O)(=O)NCc2ccc(C(=O)Nc3cccnc3)cc2)c1. The maximum absolute atomic E-state index is 12.3. The number of nitrogens with two attached hydrogens (primary N) is 1. The maximum Gasteiger partial charge on any atom is 0.255 e. The van der Waals surface area contributed by atoms with Crippen LogP contribution < -0.4 is 15.8 Å². The first-order chi connectivity index (χ1) is 12.9. The highest BCUT2D eigenvalue weighted by Crippen LogP contribution is 2.14. The maximum atomic E-state index is 12.3. The average Bonchev–Trinajstić information content (AvgIpc) is 2.68. The van der Waals surface area contributed by atoms with E-state index < -0.39 is 10.0 Å². The highest BCUT2D eigenvalue weighted by atomic mass is 32.2. The molecular weight excluding hydrogens is 364 g/mol. The molecule has 0 saturated heterocycles. The Hall–Kier alpha value is -3.23. The van der Waals surface area contributed by atoms with E-state index in [-0.39, 0.29) is 17.3 Å². The molecule has 3 aromatic rings. The summed E-state index contributed by atoms with van der Waals surface area (Å²) in [5, 5.41) is 2.74. The normalized spacial score (nSPS) is 11.1. The van der Waals surface area contributed by atoms with Gasteiger partial charge in [-0.2, -0.15) is 0 Å². The second-order valence-corrected chi connectivity index (χ2v) is 7.56. The van der Waals surface area contributed by atoms with Crippen molar-refractivity contribution in [3.05, 3.63) is 84.2 Å². The summed E-state index contributed by atoms with van der Waals surface area (Å²) in [6, 6.07) is 16.2. The van der Waals surface area contributed by atoms with E-state index >= 15 is 0 Å². The Labute approximate surface area is 157 Å². The van der Waals surface area contributed by atoms with Gasteiger partial charge in [0, 0.05) is 24.0 Å². The van der Waals surface area contributed by atoms with Gasteiger partial charge in [0.25, 0.3) is 5.91 Å². The molecule has 1 aromatic heterocycles. The predicted octanol–water partition coefficient (Wildman–Crippen LogP) is 2.39. The van der Waals surface area contributed by atoms with E-state index in [9.17, 15) is 13.2 Å². The summed E-state index contributed by atoms with van der Waals surface area (Å²) < 4.78 is 27.1. The van der Waals surface area contributed by atoms with Crippen molar-refractivity contribution in [2.24, 2.45) is 0 Å². The van der Waals surface area contributed by atoms with Crippen LogP contribution in [0.25, 0.3) is 0 Å². The topological polar surface area (TPSA) is 114 Å². The number of nitrogens with zero attached hydrogens (tertiary/aromatic N) is 1. The third-order valence-corrected chi connectivity index (χ3v) is 5.17. The average molecular weight is 382 g/mol. The van der Waals surface area contributed by atoms with Gasteiger partial charge in [0.05, 0.1) is 16.8 Å². The molecule has 0 atom stereocenters. The minimum absolute atomic E-state index is 0.0988. The van der Waals surface area contributed by atoms with E-state index in [0.717, 1.165) is 5.56 Å². The Bertz CT molecular complexity index is 1040. The highest BCUT2D eigenvalue weighted by Gasteiger charge is 2.14. The number of carbonyl (C=O) groups is 1. The van der Waals surface area contributed by atoms with E-state index in [1.807, 2.05) is 0 Å². The van der Waals surface area contributed by atoms with Crippen LogP contribution in [0.3, 0.4) is 0 Å². The van der Waals surface area contributed by atoms with E-state index in [1.165, 1.54) is 12.1 Å². The standard InChI is InChI=1S/C19H18N4O3S/c20-16-3-1-5-18(11-16)27(25,26)22-12-14-6-8-15(9-7-14)19(24)23-17-4-2-10-21-13-17/h1-11,13,22H,12,20H2,(H,23,24). The smallest absolute Gasteiger partial charge is 0.255 e. The molecule has 0 aliphatic carbocycles. The summed E-state index contributed by atoms with van der Waals surface area (Å²) in [7, 11) is -3.66. The number of hydrogen-bond donors (Lipinski definition) is 3. The number of anilines is 2. The van der Waals surface area contributed by atoms with Crippen LogP contribution >= 0.6 is 0 Å². The summed E-state index contributed by atoms with van der Waals surface area (Å²) in [6.07, 6.45) is 3.17. The molecule has 0 saturated carbocycles. The van der Waals surface area contributed by atoms with Gasteiger partial charge in [0.1, 0.15) is 0 Å². The molecule has 0 radical (unpaired) electrons. The monoisotopic (exact) mass is 382 g/mol. The van der Waals surface area contributed by atoms with Crippen molar-refractivity contribution >= 4 is 27.3 Å². The minimum atomic E-state index is -3.66. The molecule has 0 spiro atoms. The van der Waals surface area contributed by atoms with Crippen molar-refractivity contribution in [1.82, 2.24) is 9.71 Å². The number of benzene rings is 2. The molecule has 0 fully saturated rings. The van der Waals surface area contributed by atoms with Gasteiger partial charge in [-0.25, -0.2) is 13.1 Å². The molecule has 0 unspecified atom stereocenters. The lowest BCUT2D eigenvalue weighted by Gasteiger charge is -2.08. The van der Waals surface area contributed by atoms with Crippen molar-refractivity contribution in [3.63, 3.8) is 0 Å². The molecule has 0 aliphatic rings. The van der Waals surface area contributed by atoms with Crippen molar-refractivity contribution < 1.29 is 13.2 Å². The van der Waals surface area contributed by atoms with Crippen LogP contribution in [0.2, 0.25) is 0 Å². The quantitative estimate of drug-likeness (QED) is 0.567. The Morgan fingerprint density at radius 3 is 2.48 bits per heavy atom. The van der Waals surface area contributed by atoms with Crippen LogP contribution in [-0.2, 0) is 16.6 Å². The van der Waals surface area contributed by atoms with Crippen molar-refractivity contribution in [2.75, 3.05) is 11.1 Å². The number of rotatable bonds is 6. The lowest BCUT2D eigenvalue weighted by atomic mass is 10.1. The van der Waals surface area contributed by atoms with Crippen LogP contribution in [0.5, 0.6) is 0 Å². The Balaban J connectivity index is 1.63. The van der Waals surface area contributed by atoms with E-state index in [0.29, 0.717) is 16.9 Å². The van der Waals surface area contributed by atoms with E-state index in [1.54, 1.807) is 60.9 Å². The van der Waals surface area contributed by atoms with Crippen LogP contribution in [0.1, 0.15) is 15.9 Å². The molecule has 138 valence electrons. The van der Waals surface area contributed by atoms with Gasteiger partial charge >= 0.3 is 0 Å². The van der Waals surface area contributed by atoms with Gasteiger partial charge in [-0.15, -0.1) is 0 Å². The molecule has 2 aromatic carbocycles. The van der Waals surface area contributed by atoms with Gasteiger partial charge < -0.3 is 11.1 Å². The first-order valence-electron chi connectivity index (χ1n) is 8.09. The summed E-state index contributed by atoms with van der Waals surface area (Å²) in [5.74, 6) is -0.269. The molecule has 7 nitrogen and oxygen atoms in total. The zero-order valence-electron chi connectivity index (χ0n) is 14.3. The number of nitrogen functional groups attached to an aromatic ring is 1. The van der Waals surface area contributed by atoms with Gasteiger partial charge in [-0.05, 0) is 48.0 Å². The first kappa shape index (κ1) is 18.6. The fourth-order valence-electron chi connectivity index (χ4n) is 2.36. The summed E-state index contributed by atoms with van der Waals surface area (Å²) >= 11 is 0. The number of nitrogens with one attached hydrogen (secondary N) is 2. The number of amides is 1. The molecule has 0 bridgehead atoms. The van der Waals surface area contributed by atoms with Crippen molar-refractivity contribution in [1.29, 1.82) is 0 Å². The molecule has 1 heterocycles. The number of carbonyl (C=O) groups excluding carboxylic acids is 1. The lowest BCUT2D eigenvalue weighted by Crippen LogP contribution is -2.23. The zero-order chi connectivity index (χ0) is 19.3. The van der Waals surface area contributed by atoms with Crippen molar-refractivity contribution in [3.8, 4) is 0 Å². The summed E-state index contributed by atoms with van der Waals surface area (Å²) in [4.78, 5) is 16.2. The lowest BCUT2D eigenvalue weighted by molar-refractivity contribution is 0.102. The summed E-state index contributed by atoms with van der Waals surface area (Å²) in [5.41, 5.74) is 7.79. The zero-order valence-corrected chi connectivity index (χ0v) is 15.1. The second kappa shape index (κ2) is 7.98.